The molecule has 1 aromatic rings. The van der Waals surface area contributed by atoms with Crippen LogP contribution >= 0.6 is 15.9 Å². The number of ether oxygens (including phenoxy) is 1. The van der Waals surface area contributed by atoms with Crippen LogP contribution in [0, 0.1) is 11.3 Å². The molecular formula is C13H16BrN3O3S. The van der Waals surface area contributed by atoms with Crippen molar-refractivity contribution in [1.29, 1.82) is 5.26 Å². The third kappa shape index (κ3) is 4.49. The fraction of sp³-hybridized carbons (Fsp3) is 0.462. The summed E-state index contributed by atoms with van der Waals surface area (Å²) in [6.45, 7) is 4.03. The lowest BCUT2D eigenvalue weighted by molar-refractivity contribution is 0.0390. The summed E-state index contributed by atoms with van der Waals surface area (Å²) < 4.78 is 32.6. The number of hydrogen-bond donors (Lipinski definition) is 1. The van der Waals surface area contributed by atoms with Gasteiger partial charge in [-0.2, -0.15) is 5.26 Å². The van der Waals surface area contributed by atoms with Gasteiger partial charge in [0.25, 0.3) is 0 Å². The molecule has 0 radical (unpaired) electrons. The molecule has 1 saturated heterocycles. The number of sulfonamides is 1. The van der Waals surface area contributed by atoms with Gasteiger partial charge < -0.3 is 4.74 Å². The molecule has 6 nitrogen and oxygen atoms in total. The second kappa shape index (κ2) is 7.33. The molecule has 0 unspecified atom stereocenters. The number of benzene rings is 1. The molecule has 0 aliphatic carbocycles. The number of rotatable bonds is 5. The Morgan fingerprint density at radius 2 is 2.10 bits per heavy atom. The van der Waals surface area contributed by atoms with E-state index in [-0.39, 0.29) is 4.90 Å². The number of nitrogens with one attached hydrogen (secondary N) is 1. The summed E-state index contributed by atoms with van der Waals surface area (Å²) in [6, 6.07) is 6.34. The largest absolute Gasteiger partial charge is 0.379 e. The maximum absolute atomic E-state index is 12.2. The summed E-state index contributed by atoms with van der Waals surface area (Å²) in [5.74, 6) is 0. The molecule has 0 amide bonds. The van der Waals surface area contributed by atoms with Gasteiger partial charge in [0.15, 0.2) is 0 Å². The van der Waals surface area contributed by atoms with E-state index in [1.807, 2.05) is 6.07 Å². The van der Waals surface area contributed by atoms with E-state index in [1.54, 1.807) is 0 Å². The van der Waals surface area contributed by atoms with E-state index < -0.39 is 10.0 Å². The molecule has 1 aliphatic heterocycles. The van der Waals surface area contributed by atoms with Gasteiger partial charge >= 0.3 is 0 Å². The zero-order valence-corrected chi connectivity index (χ0v) is 13.8. The van der Waals surface area contributed by atoms with Gasteiger partial charge in [-0.15, -0.1) is 0 Å². The molecule has 0 atom stereocenters. The van der Waals surface area contributed by atoms with Gasteiger partial charge in [0.2, 0.25) is 10.0 Å². The summed E-state index contributed by atoms with van der Waals surface area (Å²) in [5, 5.41) is 8.84. The molecule has 1 fully saturated rings. The fourth-order valence-electron chi connectivity index (χ4n) is 2.00. The molecule has 1 aliphatic rings. The van der Waals surface area contributed by atoms with Crippen LogP contribution in [-0.4, -0.2) is 52.7 Å². The first kappa shape index (κ1) is 16.4. The first-order chi connectivity index (χ1) is 10.0. The number of halogens is 1. The van der Waals surface area contributed by atoms with E-state index in [1.165, 1.54) is 18.2 Å². The fourth-order valence-corrected chi connectivity index (χ4v) is 3.67. The third-order valence-electron chi connectivity index (χ3n) is 3.20. The minimum atomic E-state index is -3.56. The Morgan fingerprint density at radius 1 is 1.38 bits per heavy atom. The van der Waals surface area contributed by atoms with Crippen LogP contribution in [0.2, 0.25) is 0 Å². The van der Waals surface area contributed by atoms with Gasteiger partial charge in [-0.05, 0) is 34.1 Å². The van der Waals surface area contributed by atoms with E-state index in [9.17, 15) is 8.42 Å². The molecule has 0 saturated carbocycles. The van der Waals surface area contributed by atoms with Crippen molar-refractivity contribution in [2.24, 2.45) is 0 Å². The first-order valence-corrected chi connectivity index (χ1v) is 8.80. The van der Waals surface area contributed by atoms with E-state index >= 15 is 0 Å². The zero-order chi connectivity index (χ0) is 15.3. The van der Waals surface area contributed by atoms with Crippen molar-refractivity contribution < 1.29 is 13.2 Å². The van der Waals surface area contributed by atoms with E-state index in [0.717, 1.165) is 13.1 Å². The molecule has 0 bridgehead atoms. The molecule has 1 N–H and O–H groups in total. The van der Waals surface area contributed by atoms with Gasteiger partial charge in [-0.3, -0.25) is 4.90 Å². The van der Waals surface area contributed by atoms with Crippen LogP contribution in [0.15, 0.2) is 27.6 Å². The van der Waals surface area contributed by atoms with Crippen molar-refractivity contribution in [1.82, 2.24) is 9.62 Å². The van der Waals surface area contributed by atoms with Crippen LogP contribution in [-0.2, 0) is 14.8 Å². The average Bonchev–Trinajstić information content (AvgIpc) is 2.48. The van der Waals surface area contributed by atoms with Crippen molar-refractivity contribution >= 4 is 26.0 Å². The van der Waals surface area contributed by atoms with E-state index in [0.29, 0.717) is 36.3 Å². The van der Waals surface area contributed by atoms with Crippen molar-refractivity contribution in [3.05, 3.63) is 28.2 Å². The summed E-state index contributed by atoms with van der Waals surface area (Å²) >= 11 is 3.19. The summed E-state index contributed by atoms with van der Waals surface area (Å²) in [5.41, 5.74) is 0.405. The average molecular weight is 374 g/mol. The van der Waals surface area contributed by atoms with Crippen LogP contribution in [0.1, 0.15) is 5.56 Å². The predicted octanol–water partition coefficient (Wildman–Crippen LogP) is 0.931. The van der Waals surface area contributed by atoms with Crippen LogP contribution < -0.4 is 4.72 Å². The highest BCUT2D eigenvalue weighted by molar-refractivity contribution is 9.10. The lowest BCUT2D eigenvalue weighted by Gasteiger charge is -2.26. The first-order valence-electron chi connectivity index (χ1n) is 6.52. The minimum absolute atomic E-state index is 0.148. The van der Waals surface area contributed by atoms with Crippen LogP contribution in [0.4, 0.5) is 0 Å². The standard InChI is InChI=1S/C13H16BrN3O3S/c14-13-9-12(2-1-11(13)10-15)21(18,19)16-3-4-17-5-7-20-8-6-17/h1-2,9,16H,3-8H2. The molecule has 114 valence electrons. The molecule has 0 spiro atoms. The Hall–Kier alpha value is -0.980. The summed E-state index contributed by atoms with van der Waals surface area (Å²) in [4.78, 5) is 2.30. The summed E-state index contributed by atoms with van der Waals surface area (Å²) in [7, 11) is -3.56. The predicted molar refractivity (Wildman–Crippen MR) is 81.3 cm³/mol. The van der Waals surface area contributed by atoms with Gasteiger partial charge in [-0.25, -0.2) is 13.1 Å². The Morgan fingerprint density at radius 3 is 2.71 bits per heavy atom. The van der Waals surface area contributed by atoms with Gasteiger partial charge in [0.1, 0.15) is 6.07 Å². The van der Waals surface area contributed by atoms with Crippen LogP contribution in [0.5, 0.6) is 0 Å². The quantitative estimate of drug-likeness (QED) is 0.829. The SMILES string of the molecule is N#Cc1ccc(S(=O)(=O)NCCN2CCOCC2)cc1Br. The second-order valence-corrected chi connectivity index (χ2v) is 7.23. The lowest BCUT2D eigenvalue weighted by Crippen LogP contribution is -2.41. The molecule has 21 heavy (non-hydrogen) atoms. The molecule has 2 rings (SSSR count). The Bertz CT molecular complexity index is 637. The Labute approximate surface area is 132 Å². The number of morpholine rings is 1. The van der Waals surface area contributed by atoms with Crippen molar-refractivity contribution in [3.63, 3.8) is 0 Å². The van der Waals surface area contributed by atoms with Gasteiger partial charge in [0, 0.05) is 30.7 Å². The smallest absolute Gasteiger partial charge is 0.240 e. The lowest BCUT2D eigenvalue weighted by atomic mass is 10.2. The molecular weight excluding hydrogens is 358 g/mol. The topological polar surface area (TPSA) is 82.4 Å². The van der Waals surface area contributed by atoms with Gasteiger partial charge in [0.05, 0.1) is 23.7 Å². The highest BCUT2D eigenvalue weighted by Crippen LogP contribution is 2.20. The van der Waals surface area contributed by atoms with Crippen molar-refractivity contribution in [3.8, 4) is 6.07 Å². The number of hydrogen-bond acceptors (Lipinski definition) is 5. The van der Waals surface area contributed by atoms with Gasteiger partial charge in [-0.1, -0.05) is 0 Å². The Balaban J connectivity index is 1.95. The summed E-state index contributed by atoms with van der Waals surface area (Å²) in [6.07, 6.45) is 0. The van der Waals surface area contributed by atoms with E-state index in [2.05, 4.69) is 25.6 Å². The molecule has 1 heterocycles. The molecule has 8 heteroatoms. The van der Waals surface area contributed by atoms with Crippen molar-refractivity contribution in [2.75, 3.05) is 39.4 Å². The normalized spacial score (nSPS) is 16.6. The van der Waals surface area contributed by atoms with Crippen molar-refractivity contribution in [2.45, 2.75) is 4.90 Å². The third-order valence-corrected chi connectivity index (χ3v) is 5.31. The number of nitrogens with zero attached hydrogens (tertiary/aromatic N) is 2. The zero-order valence-electron chi connectivity index (χ0n) is 11.4. The van der Waals surface area contributed by atoms with Crippen LogP contribution in [0.3, 0.4) is 0 Å². The monoisotopic (exact) mass is 373 g/mol. The minimum Gasteiger partial charge on any atom is -0.379 e. The maximum atomic E-state index is 12.2. The molecule has 0 aromatic heterocycles. The highest BCUT2D eigenvalue weighted by atomic mass is 79.9. The second-order valence-electron chi connectivity index (χ2n) is 4.61. The van der Waals surface area contributed by atoms with E-state index in [4.69, 9.17) is 10.00 Å². The van der Waals surface area contributed by atoms with Crippen LogP contribution in [0.25, 0.3) is 0 Å². The Kier molecular flexibility index (Phi) is 5.72. The maximum Gasteiger partial charge on any atom is 0.240 e. The molecule has 1 aromatic carbocycles. The highest BCUT2D eigenvalue weighted by Gasteiger charge is 2.16. The number of nitriles is 1.